The molecular formula is C25H36N2OSi. The summed E-state index contributed by atoms with van der Waals surface area (Å²) < 4.78 is 7.15. The van der Waals surface area contributed by atoms with Crippen LogP contribution < -0.4 is 15.7 Å². The lowest BCUT2D eigenvalue weighted by Crippen LogP contribution is -2.67. The Balaban J connectivity index is 1.56. The smallest absolute Gasteiger partial charge is 0.261 e. The minimum Gasteiger partial charge on any atom is -0.407 e. The van der Waals surface area contributed by atoms with E-state index in [4.69, 9.17) is 4.43 Å². The van der Waals surface area contributed by atoms with Crippen LogP contribution in [0.3, 0.4) is 0 Å². The van der Waals surface area contributed by atoms with E-state index in [0.29, 0.717) is 5.92 Å². The predicted molar refractivity (Wildman–Crippen MR) is 125 cm³/mol. The zero-order chi connectivity index (χ0) is 20.3. The molecule has 29 heavy (non-hydrogen) atoms. The van der Waals surface area contributed by atoms with Crippen molar-refractivity contribution in [2.45, 2.75) is 44.7 Å². The zero-order valence-corrected chi connectivity index (χ0v) is 19.2. The lowest BCUT2D eigenvalue weighted by atomic mass is 9.95. The summed E-state index contributed by atoms with van der Waals surface area (Å²) in [5.41, 5.74) is 0. The van der Waals surface area contributed by atoms with Gasteiger partial charge in [0.2, 0.25) is 0 Å². The predicted octanol–water partition coefficient (Wildman–Crippen LogP) is 3.25. The number of likely N-dealkylation sites (tertiary alicyclic amines) is 1. The zero-order valence-electron chi connectivity index (χ0n) is 18.2. The van der Waals surface area contributed by atoms with Crippen molar-refractivity contribution in [1.82, 2.24) is 10.2 Å². The van der Waals surface area contributed by atoms with Crippen molar-refractivity contribution in [3.8, 4) is 0 Å². The highest BCUT2D eigenvalue weighted by atomic mass is 28.4. The number of nitrogens with zero attached hydrogens (tertiary/aromatic N) is 1. The summed E-state index contributed by atoms with van der Waals surface area (Å²) in [6, 6.07) is 22.8. The van der Waals surface area contributed by atoms with Gasteiger partial charge in [-0.3, -0.25) is 4.90 Å². The molecule has 2 aliphatic heterocycles. The molecule has 0 amide bonds. The SMILES string of the molecule is CC(C)(C)[Si](OCC1CCN(C2CNC2)CC1)(c1ccccc1)c1ccccc1. The fourth-order valence-electron chi connectivity index (χ4n) is 5.02. The molecule has 0 aromatic heterocycles. The van der Waals surface area contributed by atoms with E-state index in [1.165, 1.54) is 49.4 Å². The number of hydrogen-bond acceptors (Lipinski definition) is 3. The van der Waals surface area contributed by atoms with E-state index in [1.54, 1.807) is 0 Å². The molecule has 0 bridgehead atoms. The van der Waals surface area contributed by atoms with Gasteiger partial charge in [0.05, 0.1) is 0 Å². The maximum Gasteiger partial charge on any atom is 0.261 e. The van der Waals surface area contributed by atoms with Crippen LogP contribution in [0, 0.1) is 5.92 Å². The number of piperidine rings is 1. The maximum atomic E-state index is 7.15. The second-order valence-electron chi connectivity index (χ2n) is 9.77. The van der Waals surface area contributed by atoms with Crippen molar-refractivity contribution in [2.75, 3.05) is 32.8 Å². The van der Waals surface area contributed by atoms with E-state index >= 15 is 0 Å². The number of hydrogen-bond donors (Lipinski definition) is 1. The van der Waals surface area contributed by atoms with E-state index in [-0.39, 0.29) is 5.04 Å². The molecule has 2 aliphatic rings. The first kappa shape index (κ1) is 20.8. The third-order valence-electron chi connectivity index (χ3n) is 6.88. The topological polar surface area (TPSA) is 24.5 Å². The number of benzene rings is 2. The molecule has 2 aromatic carbocycles. The molecule has 0 aliphatic carbocycles. The van der Waals surface area contributed by atoms with Gasteiger partial charge in [-0.05, 0) is 47.3 Å². The Labute approximate surface area is 177 Å². The molecule has 4 rings (SSSR count). The van der Waals surface area contributed by atoms with Crippen molar-refractivity contribution >= 4 is 18.7 Å². The molecule has 2 heterocycles. The molecule has 156 valence electrons. The van der Waals surface area contributed by atoms with Crippen LogP contribution in [0.15, 0.2) is 60.7 Å². The lowest BCUT2D eigenvalue weighted by Gasteiger charge is -2.45. The van der Waals surface area contributed by atoms with Crippen LogP contribution in [0.5, 0.6) is 0 Å². The van der Waals surface area contributed by atoms with Crippen LogP contribution in [-0.2, 0) is 4.43 Å². The highest BCUT2D eigenvalue weighted by molar-refractivity contribution is 6.99. The average molecular weight is 409 g/mol. The third kappa shape index (κ3) is 4.22. The Kier molecular flexibility index (Phi) is 6.26. The maximum absolute atomic E-state index is 7.15. The fraction of sp³-hybridized carbons (Fsp3) is 0.520. The van der Waals surface area contributed by atoms with Crippen LogP contribution in [0.25, 0.3) is 0 Å². The van der Waals surface area contributed by atoms with E-state index in [2.05, 4.69) is 91.7 Å². The Morgan fingerprint density at radius 3 is 1.83 bits per heavy atom. The van der Waals surface area contributed by atoms with Crippen LogP contribution in [0.1, 0.15) is 33.6 Å². The first-order valence-electron chi connectivity index (χ1n) is 11.2. The van der Waals surface area contributed by atoms with Gasteiger partial charge in [-0.1, -0.05) is 81.4 Å². The van der Waals surface area contributed by atoms with Gasteiger partial charge in [0.1, 0.15) is 0 Å². The van der Waals surface area contributed by atoms with Crippen LogP contribution in [0.2, 0.25) is 5.04 Å². The molecule has 0 unspecified atom stereocenters. The molecule has 0 atom stereocenters. The van der Waals surface area contributed by atoms with Gasteiger partial charge in [0, 0.05) is 25.7 Å². The number of nitrogens with one attached hydrogen (secondary N) is 1. The minimum absolute atomic E-state index is 0.0635. The minimum atomic E-state index is -2.39. The fourth-order valence-corrected chi connectivity index (χ4v) is 9.66. The summed E-state index contributed by atoms with van der Waals surface area (Å²) in [6.07, 6.45) is 2.52. The van der Waals surface area contributed by atoms with Gasteiger partial charge < -0.3 is 9.74 Å². The summed E-state index contributed by atoms with van der Waals surface area (Å²) in [4.78, 5) is 2.68. The summed E-state index contributed by atoms with van der Waals surface area (Å²) in [6.45, 7) is 12.8. The molecule has 2 fully saturated rings. The summed E-state index contributed by atoms with van der Waals surface area (Å²) in [5.74, 6) is 0.668. The van der Waals surface area contributed by atoms with Crippen molar-refractivity contribution < 1.29 is 4.43 Å². The van der Waals surface area contributed by atoms with Gasteiger partial charge in [-0.15, -0.1) is 0 Å². The van der Waals surface area contributed by atoms with Crippen molar-refractivity contribution in [1.29, 1.82) is 0 Å². The Morgan fingerprint density at radius 1 is 0.897 bits per heavy atom. The van der Waals surface area contributed by atoms with Gasteiger partial charge in [0.15, 0.2) is 0 Å². The lowest BCUT2D eigenvalue weighted by molar-refractivity contribution is 0.0806. The van der Waals surface area contributed by atoms with Crippen LogP contribution >= 0.6 is 0 Å². The summed E-state index contributed by atoms with van der Waals surface area (Å²) in [7, 11) is -2.39. The summed E-state index contributed by atoms with van der Waals surface area (Å²) in [5, 5.41) is 6.24. The Hall–Kier alpha value is -1.46. The Morgan fingerprint density at radius 2 is 1.41 bits per heavy atom. The quantitative estimate of drug-likeness (QED) is 0.743. The monoisotopic (exact) mass is 408 g/mol. The van der Waals surface area contributed by atoms with E-state index in [0.717, 1.165) is 12.6 Å². The van der Waals surface area contributed by atoms with Gasteiger partial charge >= 0.3 is 0 Å². The molecule has 0 radical (unpaired) electrons. The Bertz CT molecular complexity index is 723. The van der Waals surface area contributed by atoms with E-state index < -0.39 is 8.32 Å². The molecule has 4 heteroatoms. The molecule has 0 spiro atoms. The molecule has 0 saturated carbocycles. The largest absolute Gasteiger partial charge is 0.407 e. The first-order chi connectivity index (χ1) is 14.0. The first-order valence-corrected chi connectivity index (χ1v) is 13.1. The second kappa shape index (κ2) is 8.72. The molecule has 3 nitrogen and oxygen atoms in total. The van der Waals surface area contributed by atoms with Gasteiger partial charge in [-0.2, -0.15) is 0 Å². The van der Waals surface area contributed by atoms with Gasteiger partial charge in [0.25, 0.3) is 8.32 Å². The van der Waals surface area contributed by atoms with Crippen LogP contribution in [0.4, 0.5) is 0 Å². The molecule has 2 saturated heterocycles. The van der Waals surface area contributed by atoms with Crippen molar-refractivity contribution in [2.24, 2.45) is 5.92 Å². The highest BCUT2D eigenvalue weighted by Gasteiger charge is 2.50. The standard InChI is InChI=1S/C25H36N2OSi/c1-25(2,3)29(23-10-6-4-7-11-23,24-12-8-5-9-13-24)28-20-21-14-16-27(17-15-21)22-18-26-19-22/h4-13,21-22,26H,14-20H2,1-3H3. The number of rotatable bonds is 6. The third-order valence-corrected chi connectivity index (χ3v) is 11.9. The second-order valence-corrected chi connectivity index (χ2v) is 14.1. The van der Waals surface area contributed by atoms with Crippen LogP contribution in [-0.4, -0.2) is 52.0 Å². The molecular weight excluding hydrogens is 372 g/mol. The van der Waals surface area contributed by atoms with Gasteiger partial charge in [-0.25, -0.2) is 0 Å². The molecule has 2 aromatic rings. The van der Waals surface area contributed by atoms with E-state index in [1.807, 2.05) is 0 Å². The van der Waals surface area contributed by atoms with E-state index in [9.17, 15) is 0 Å². The van der Waals surface area contributed by atoms with Crippen molar-refractivity contribution in [3.05, 3.63) is 60.7 Å². The normalized spacial score (nSPS) is 19.8. The molecule has 1 N–H and O–H groups in total. The summed E-state index contributed by atoms with van der Waals surface area (Å²) >= 11 is 0. The highest BCUT2D eigenvalue weighted by Crippen LogP contribution is 2.37. The average Bonchev–Trinajstić information content (AvgIpc) is 2.69. The van der Waals surface area contributed by atoms with Crippen molar-refractivity contribution in [3.63, 3.8) is 0 Å².